The average Bonchev–Trinajstić information content (AvgIpc) is 2.87. The molecule has 2 rings (SSSR count). The number of alkyl halides is 3. The summed E-state index contributed by atoms with van der Waals surface area (Å²) in [6.45, 7) is 3.99. The Morgan fingerprint density at radius 2 is 1.79 bits per heavy atom. The summed E-state index contributed by atoms with van der Waals surface area (Å²) in [5.74, 6) is -3.50. The van der Waals surface area contributed by atoms with Crippen LogP contribution >= 0.6 is 19.0 Å². The van der Waals surface area contributed by atoms with Crippen molar-refractivity contribution in [3.63, 3.8) is 0 Å². The van der Waals surface area contributed by atoms with Crippen molar-refractivity contribution in [2.75, 3.05) is 19.4 Å². The summed E-state index contributed by atoms with van der Waals surface area (Å²) in [4.78, 5) is 53.3. The molecule has 2 aromatic carbocycles. The van der Waals surface area contributed by atoms with Gasteiger partial charge in [-0.3, -0.25) is 19.5 Å². The average molecular weight is 660 g/mol. The lowest BCUT2D eigenvalue weighted by molar-refractivity contribution is -0.385. The van der Waals surface area contributed by atoms with Crippen LogP contribution < -0.4 is 16.6 Å². The smallest absolute Gasteiger partial charge is 0.416 e. The van der Waals surface area contributed by atoms with Crippen molar-refractivity contribution < 1.29 is 61.3 Å². The lowest BCUT2D eigenvalue weighted by Crippen LogP contribution is -2.30. The number of nitrogens with zero attached hydrogens (tertiary/aromatic N) is 1. The molecule has 0 aliphatic heterocycles. The van der Waals surface area contributed by atoms with E-state index in [1.54, 1.807) is 6.92 Å². The number of carbonyl (C=O) groups is 3. The second kappa shape index (κ2) is 16.8. The van der Waals surface area contributed by atoms with Crippen molar-refractivity contribution in [2.45, 2.75) is 38.6 Å². The van der Waals surface area contributed by atoms with E-state index >= 15 is 0 Å². The molecule has 2 aromatic rings. The number of carbonyl (C=O) groups excluding carboxylic acids is 2. The minimum absolute atomic E-state index is 0. The third-order valence-electron chi connectivity index (χ3n) is 4.95. The van der Waals surface area contributed by atoms with Gasteiger partial charge in [-0.05, 0) is 44.5 Å². The Morgan fingerprint density at radius 1 is 1.19 bits per heavy atom. The highest BCUT2D eigenvalue weighted by Gasteiger charge is 2.31. The van der Waals surface area contributed by atoms with Crippen molar-refractivity contribution in [3.8, 4) is 11.5 Å². The van der Waals surface area contributed by atoms with Crippen LogP contribution in [0.15, 0.2) is 36.4 Å². The van der Waals surface area contributed by atoms with Gasteiger partial charge in [-0.15, -0.1) is 0 Å². The number of benzene rings is 2. The molecule has 3 atom stereocenters. The molecule has 3 unspecified atom stereocenters. The van der Waals surface area contributed by atoms with Crippen LogP contribution in [0.4, 0.5) is 18.9 Å². The Balaban J connectivity index is 0.00000125. The van der Waals surface area contributed by atoms with Gasteiger partial charge >= 0.3 is 24.1 Å². The fourth-order valence-electron chi connectivity index (χ4n) is 2.82. The molecule has 0 spiro atoms. The van der Waals surface area contributed by atoms with Gasteiger partial charge in [-0.25, -0.2) is 9.59 Å². The molecule has 0 bridgehead atoms. The number of esters is 2. The standard InChI is InChI=1S/C19H15ClF3NO7.C5H12NO4P.H3N/c1-3-29-17(25)10(2)30-18(26)13-9-12(5-6-15(13)24(27)28)31-16-7-4-11(8-14(16)20)19(21,22)23;1-11(9,10)3-2-4(6)5(7)8;/h4-10H,3H2,1-2H3;4H,2-3,6H2,1H3,(H,7,8)(H,9,10);1H3. The second-order valence-corrected chi connectivity index (χ2v) is 11.4. The Morgan fingerprint density at radius 3 is 2.26 bits per heavy atom. The maximum atomic E-state index is 12.8. The predicted octanol–water partition coefficient (Wildman–Crippen LogP) is 5.02. The molecule has 0 saturated carbocycles. The largest absolute Gasteiger partial charge is 0.480 e. The fourth-order valence-corrected chi connectivity index (χ4v) is 3.80. The summed E-state index contributed by atoms with van der Waals surface area (Å²) >= 11 is 5.83. The number of carboxylic acids is 1. The van der Waals surface area contributed by atoms with Crippen molar-refractivity contribution in [1.82, 2.24) is 6.15 Å². The topological polar surface area (TPSA) is 241 Å². The van der Waals surface area contributed by atoms with Crippen molar-refractivity contribution in [1.29, 1.82) is 0 Å². The van der Waals surface area contributed by atoms with Crippen LogP contribution in [0.5, 0.6) is 11.5 Å². The Labute approximate surface area is 248 Å². The molecule has 0 fully saturated rings. The van der Waals surface area contributed by atoms with Crippen LogP contribution in [0.1, 0.15) is 36.2 Å². The molecule has 0 aromatic heterocycles. The highest BCUT2D eigenvalue weighted by atomic mass is 35.5. The first-order valence-corrected chi connectivity index (χ1v) is 14.4. The number of carboxylic acid groups (broad SMARTS) is 1. The SMILES string of the molecule is CCOC(=O)C(C)OC(=O)c1cc(Oc2ccc(C(F)(F)F)cc2Cl)ccc1[N+](=O)[O-].CP(=O)(O)CCC(N)C(=O)O.N. The highest BCUT2D eigenvalue weighted by Crippen LogP contribution is 2.37. The monoisotopic (exact) mass is 659 g/mol. The third-order valence-corrected chi connectivity index (χ3v) is 6.33. The molecule has 0 aliphatic carbocycles. The van der Waals surface area contributed by atoms with Crippen LogP contribution in [-0.2, 0) is 29.8 Å². The number of halogens is 4. The van der Waals surface area contributed by atoms with Crippen LogP contribution in [0.25, 0.3) is 0 Å². The molecule has 0 radical (unpaired) electrons. The first-order chi connectivity index (χ1) is 19.3. The molecule has 0 heterocycles. The minimum atomic E-state index is -4.61. The van der Waals surface area contributed by atoms with Crippen LogP contribution in [0.3, 0.4) is 0 Å². The lowest BCUT2D eigenvalue weighted by Gasteiger charge is -2.13. The molecular weight excluding hydrogens is 630 g/mol. The van der Waals surface area contributed by atoms with E-state index in [-0.39, 0.29) is 41.9 Å². The van der Waals surface area contributed by atoms with E-state index < -0.39 is 65.3 Å². The zero-order chi connectivity index (χ0) is 32.4. The molecule has 0 amide bonds. The molecule has 240 valence electrons. The molecule has 0 saturated heterocycles. The van der Waals surface area contributed by atoms with E-state index in [1.165, 1.54) is 13.6 Å². The van der Waals surface area contributed by atoms with Gasteiger partial charge in [0.05, 0.1) is 22.1 Å². The summed E-state index contributed by atoms with van der Waals surface area (Å²) in [5, 5.41) is 19.2. The van der Waals surface area contributed by atoms with Gasteiger partial charge < -0.3 is 36.1 Å². The molecule has 19 heteroatoms. The van der Waals surface area contributed by atoms with Crippen LogP contribution in [-0.4, -0.2) is 64.4 Å². The van der Waals surface area contributed by atoms with Crippen LogP contribution in [0, 0.1) is 10.1 Å². The minimum Gasteiger partial charge on any atom is -0.480 e. The van der Waals surface area contributed by atoms with Gasteiger partial charge in [0.1, 0.15) is 23.1 Å². The first-order valence-electron chi connectivity index (χ1n) is 11.7. The van der Waals surface area contributed by atoms with Gasteiger partial charge in [-0.2, -0.15) is 13.2 Å². The van der Waals surface area contributed by atoms with Gasteiger partial charge in [-0.1, -0.05) is 11.6 Å². The van der Waals surface area contributed by atoms with Crippen molar-refractivity contribution in [3.05, 3.63) is 62.7 Å². The zero-order valence-electron chi connectivity index (χ0n) is 23.0. The number of rotatable bonds is 11. The third kappa shape index (κ3) is 13.4. The quantitative estimate of drug-likeness (QED) is 0.107. The Bertz CT molecular complexity index is 1360. The van der Waals surface area contributed by atoms with Crippen molar-refractivity contribution in [2.24, 2.45) is 5.73 Å². The number of hydrogen-bond acceptors (Lipinski definition) is 11. The molecule has 7 N–H and O–H groups in total. The Hall–Kier alpha value is -3.76. The van der Waals surface area contributed by atoms with E-state index in [0.29, 0.717) is 6.07 Å². The summed E-state index contributed by atoms with van der Waals surface area (Å²) in [6, 6.07) is 4.34. The first kappa shape index (κ1) is 39.2. The number of aliphatic carboxylic acids is 1. The van der Waals surface area contributed by atoms with E-state index in [9.17, 15) is 42.2 Å². The van der Waals surface area contributed by atoms with Gasteiger partial charge in [0.15, 0.2) is 13.5 Å². The number of nitro benzene ring substituents is 1. The summed E-state index contributed by atoms with van der Waals surface area (Å²) in [7, 11) is -3.10. The molecule has 14 nitrogen and oxygen atoms in total. The lowest BCUT2D eigenvalue weighted by atomic mass is 10.1. The van der Waals surface area contributed by atoms with E-state index in [0.717, 1.165) is 30.3 Å². The van der Waals surface area contributed by atoms with Gasteiger partial charge in [0.25, 0.3) is 5.69 Å². The number of ether oxygens (including phenoxy) is 3. The molecule has 0 aliphatic rings. The van der Waals surface area contributed by atoms with Gasteiger partial charge in [0, 0.05) is 25.0 Å². The summed E-state index contributed by atoms with van der Waals surface area (Å²) < 4.78 is 63.9. The van der Waals surface area contributed by atoms with E-state index in [4.69, 9.17) is 41.5 Å². The highest BCUT2D eigenvalue weighted by molar-refractivity contribution is 7.57. The number of hydrogen-bond donors (Lipinski definition) is 4. The van der Waals surface area contributed by atoms with Gasteiger partial charge in [0.2, 0.25) is 0 Å². The van der Waals surface area contributed by atoms with Crippen LogP contribution in [0.2, 0.25) is 5.02 Å². The predicted molar refractivity (Wildman–Crippen MR) is 147 cm³/mol. The Kier molecular flexibility index (Phi) is 15.3. The number of nitrogens with two attached hydrogens (primary N) is 1. The maximum Gasteiger partial charge on any atom is 0.416 e. The second-order valence-electron chi connectivity index (χ2n) is 8.49. The molecule has 43 heavy (non-hydrogen) atoms. The number of nitro groups is 1. The zero-order valence-corrected chi connectivity index (χ0v) is 24.6. The fraction of sp³-hybridized carbons (Fsp3) is 0.375. The van der Waals surface area contributed by atoms with E-state index in [1.807, 2.05) is 0 Å². The normalized spacial score (nSPS) is 13.5. The molecular formula is C24H30ClF3N3O11P. The van der Waals surface area contributed by atoms with Crippen molar-refractivity contribution >= 4 is 42.6 Å². The summed E-state index contributed by atoms with van der Waals surface area (Å²) in [6.07, 6.45) is -5.94. The summed E-state index contributed by atoms with van der Waals surface area (Å²) in [5.41, 5.74) is 2.92. The van der Waals surface area contributed by atoms with E-state index in [2.05, 4.69) is 0 Å². The maximum absolute atomic E-state index is 12.8.